The summed E-state index contributed by atoms with van der Waals surface area (Å²) in [4.78, 5) is 24.7. The number of ether oxygens (including phenoxy) is 1. The fourth-order valence-corrected chi connectivity index (χ4v) is 2.08. The van der Waals surface area contributed by atoms with Gasteiger partial charge in [-0.1, -0.05) is 0 Å². The molecule has 0 atom stereocenters. The largest absolute Gasteiger partial charge is 0.385 e. The van der Waals surface area contributed by atoms with Gasteiger partial charge in [0, 0.05) is 33.0 Å². The molecule has 102 valence electrons. The minimum absolute atomic E-state index is 0.230. The van der Waals surface area contributed by atoms with Crippen molar-refractivity contribution in [3.63, 3.8) is 0 Å². The molecule has 1 N–H and O–H groups in total. The molecule has 0 aliphatic carbocycles. The van der Waals surface area contributed by atoms with Crippen molar-refractivity contribution in [2.24, 2.45) is 0 Å². The van der Waals surface area contributed by atoms with Crippen LogP contribution in [0.15, 0.2) is 18.2 Å². The second kappa shape index (κ2) is 5.84. The summed E-state index contributed by atoms with van der Waals surface area (Å²) in [5.41, 5.74) is 1.83. The van der Waals surface area contributed by atoms with E-state index in [0.717, 1.165) is 36.6 Å². The third-order valence-corrected chi connectivity index (χ3v) is 3.19. The highest BCUT2D eigenvalue weighted by Gasteiger charge is 2.32. The maximum atomic E-state index is 11.8. The van der Waals surface area contributed by atoms with Crippen molar-refractivity contribution in [3.05, 3.63) is 29.3 Å². The molecule has 0 unspecified atom stereocenters. The summed E-state index contributed by atoms with van der Waals surface area (Å²) in [5, 5.41) is 3.25. The molecule has 2 amide bonds. The van der Waals surface area contributed by atoms with Crippen molar-refractivity contribution in [2.45, 2.75) is 12.8 Å². The van der Waals surface area contributed by atoms with Gasteiger partial charge in [-0.15, -0.1) is 0 Å². The molecular formula is C14H18N2O3. The Morgan fingerprint density at radius 2 is 1.89 bits per heavy atom. The standard InChI is InChI=1S/C14H18N2O3/c1-16-13(17)11-6-5-10(9-12(11)14(16)18)15-7-3-4-8-19-2/h5-6,9,15H,3-4,7-8H2,1-2H3. The van der Waals surface area contributed by atoms with Gasteiger partial charge >= 0.3 is 0 Å². The van der Waals surface area contributed by atoms with Crippen LogP contribution in [-0.2, 0) is 4.74 Å². The van der Waals surface area contributed by atoms with Crippen LogP contribution in [0.5, 0.6) is 0 Å². The van der Waals surface area contributed by atoms with Crippen molar-refractivity contribution in [1.82, 2.24) is 4.90 Å². The zero-order valence-corrected chi connectivity index (χ0v) is 11.2. The summed E-state index contributed by atoms with van der Waals surface area (Å²) in [5.74, 6) is -0.463. The molecule has 0 fully saturated rings. The van der Waals surface area contributed by atoms with Crippen LogP contribution >= 0.6 is 0 Å². The normalized spacial score (nSPS) is 13.9. The van der Waals surface area contributed by atoms with E-state index in [-0.39, 0.29) is 11.8 Å². The van der Waals surface area contributed by atoms with Gasteiger partial charge in [0.1, 0.15) is 0 Å². The number of nitrogens with zero attached hydrogens (tertiary/aromatic N) is 1. The van der Waals surface area contributed by atoms with Gasteiger partial charge in [0.2, 0.25) is 0 Å². The van der Waals surface area contributed by atoms with Gasteiger partial charge in [-0.3, -0.25) is 14.5 Å². The van der Waals surface area contributed by atoms with Crippen molar-refractivity contribution < 1.29 is 14.3 Å². The number of imide groups is 1. The molecule has 1 aromatic carbocycles. The van der Waals surface area contributed by atoms with Gasteiger partial charge in [0.15, 0.2) is 0 Å². The molecule has 1 heterocycles. The molecule has 5 nitrogen and oxygen atoms in total. The third kappa shape index (κ3) is 2.76. The van der Waals surface area contributed by atoms with Gasteiger partial charge in [-0.25, -0.2) is 0 Å². The molecule has 1 aliphatic heterocycles. The molecular weight excluding hydrogens is 244 g/mol. The number of carbonyl (C=O) groups excluding carboxylic acids is 2. The number of methoxy groups -OCH3 is 1. The van der Waals surface area contributed by atoms with E-state index in [0.29, 0.717) is 11.1 Å². The zero-order valence-electron chi connectivity index (χ0n) is 11.2. The van der Waals surface area contributed by atoms with E-state index < -0.39 is 0 Å². The first-order chi connectivity index (χ1) is 9.15. The van der Waals surface area contributed by atoms with Gasteiger partial charge in [0.25, 0.3) is 11.8 Å². The first-order valence-electron chi connectivity index (χ1n) is 6.34. The van der Waals surface area contributed by atoms with Crippen molar-refractivity contribution >= 4 is 17.5 Å². The fourth-order valence-electron chi connectivity index (χ4n) is 2.08. The minimum Gasteiger partial charge on any atom is -0.385 e. The summed E-state index contributed by atoms with van der Waals surface area (Å²) in [6, 6.07) is 5.28. The van der Waals surface area contributed by atoms with Crippen LogP contribution in [0, 0.1) is 0 Å². The van der Waals surface area contributed by atoms with Crippen molar-refractivity contribution in [2.75, 3.05) is 32.6 Å². The number of unbranched alkanes of at least 4 members (excludes halogenated alkanes) is 1. The predicted octanol–water partition coefficient (Wildman–Crippen LogP) is 1.75. The number of rotatable bonds is 6. The second-order valence-electron chi connectivity index (χ2n) is 4.56. The number of fused-ring (bicyclic) bond motifs is 1. The van der Waals surface area contributed by atoms with Crippen LogP contribution in [0.25, 0.3) is 0 Å². The summed E-state index contributed by atoms with van der Waals surface area (Å²) in [7, 11) is 3.19. The lowest BCUT2D eigenvalue weighted by Gasteiger charge is -2.07. The summed E-state index contributed by atoms with van der Waals surface area (Å²) in [6.07, 6.45) is 1.99. The number of anilines is 1. The highest BCUT2D eigenvalue weighted by atomic mass is 16.5. The number of carbonyl (C=O) groups is 2. The molecule has 0 aromatic heterocycles. The second-order valence-corrected chi connectivity index (χ2v) is 4.56. The van der Waals surface area contributed by atoms with Crippen LogP contribution in [0.1, 0.15) is 33.6 Å². The van der Waals surface area contributed by atoms with E-state index in [9.17, 15) is 9.59 Å². The van der Waals surface area contributed by atoms with E-state index in [1.807, 2.05) is 6.07 Å². The molecule has 0 saturated carbocycles. The van der Waals surface area contributed by atoms with Crippen LogP contribution in [0.4, 0.5) is 5.69 Å². The predicted molar refractivity (Wildman–Crippen MR) is 72.5 cm³/mol. The van der Waals surface area contributed by atoms with Crippen LogP contribution in [-0.4, -0.2) is 44.0 Å². The number of hydrogen-bond acceptors (Lipinski definition) is 4. The summed E-state index contributed by atoms with van der Waals surface area (Å²) < 4.78 is 4.98. The maximum absolute atomic E-state index is 11.8. The Kier molecular flexibility index (Phi) is 4.16. The topological polar surface area (TPSA) is 58.6 Å². The smallest absolute Gasteiger partial charge is 0.261 e. The molecule has 2 rings (SSSR count). The average molecular weight is 262 g/mol. The van der Waals surface area contributed by atoms with E-state index in [4.69, 9.17) is 4.74 Å². The SMILES string of the molecule is COCCCCNc1ccc2c(c1)C(=O)N(C)C2=O. The first-order valence-corrected chi connectivity index (χ1v) is 6.34. The lowest BCUT2D eigenvalue weighted by Crippen LogP contribution is -2.24. The molecule has 0 bridgehead atoms. The lowest BCUT2D eigenvalue weighted by atomic mass is 10.1. The monoisotopic (exact) mass is 262 g/mol. The molecule has 1 aliphatic rings. The van der Waals surface area contributed by atoms with Crippen LogP contribution in [0.2, 0.25) is 0 Å². The van der Waals surface area contributed by atoms with Gasteiger partial charge in [0.05, 0.1) is 11.1 Å². The van der Waals surface area contributed by atoms with Gasteiger partial charge in [-0.2, -0.15) is 0 Å². The van der Waals surface area contributed by atoms with Gasteiger partial charge < -0.3 is 10.1 Å². The Labute approximate surface area is 112 Å². The Bertz CT molecular complexity index is 499. The van der Waals surface area contributed by atoms with E-state index in [2.05, 4.69) is 5.32 Å². The molecule has 0 radical (unpaired) electrons. The fraction of sp³-hybridized carbons (Fsp3) is 0.429. The molecule has 19 heavy (non-hydrogen) atoms. The first kappa shape index (κ1) is 13.5. The highest BCUT2D eigenvalue weighted by Crippen LogP contribution is 2.24. The van der Waals surface area contributed by atoms with Crippen molar-refractivity contribution in [3.8, 4) is 0 Å². The minimum atomic E-state index is -0.233. The van der Waals surface area contributed by atoms with Crippen LogP contribution < -0.4 is 5.32 Å². The number of benzene rings is 1. The molecule has 0 spiro atoms. The number of amides is 2. The quantitative estimate of drug-likeness (QED) is 0.627. The zero-order chi connectivity index (χ0) is 13.8. The summed E-state index contributed by atoms with van der Waals surface area (Å²) >= 11 is 0. The highest BCUT2D eigenvalue weighted by molar-refractivity contribution is 6.21. The van der Waals surface area contributed by atoms with Crippen molar-refractivity contribution in [1.29, 1.82) is 0 Å². The summed E-state index contributed by atoms with van der Waals surface area (Å²) in [6.45, 7) is 1.57. The Balaban J connectivity index is 1.99. The Morgan fingerprint density at radius 1 is 1.16 bits per heavy atom. The van der Waals surface area contributed by atoms with Gasteiger partial charge in [-0.05, 0) is 31.0 Å². The average Bonchev–Trinajstić information content (AvgIpc) is 2.64. The molecule has 1 aromatic rings. The number of nitrogens with one attached hydrogen (secondary N) is 1. The molecule has 5 heteroatoms. The molecule has 0 saturated heterocycles. The third-order valence-electron chi connectivity index (χ3n) is 3.19. The van der Waals surface area contributed by atoms with E-state index >= 15 is 0 Å². The number of hydrogen-bond donors (Lipinski definition) is 1. The van der Waals surface area contributed by atoms with E-state index in [1.165, 1.54) is 7.05 Å². The Morgan fingerprint density at radius 3 is 2.63 bits per heavy atom. The maximum Gasteiger partial charge on any atom is 0.261 e. The van der Waals surface area contributed by atoms with E-state index in [1.54, 1.807) is 19.2 Å². The Hall–Kier alpha value is -1.88. The van der Waals surface area contributed by atoms with Crippen LogP contribution in [0.3, 0.4) is 0 Å². The lowest BCUT2D eigenvalue weighted by molar-refractivity contribution is 0.0693.